The molecule has 0 saturated carbocycles. The average Bonchev–Trinajstić information content (AvgIpc) is 3.06. The van der Waals surface area contributed by atoms with Crippen LogP contribution in [-0.2, 0) is 0 Å². The molecular formula is C16H8BBr5F2N2O. The molecule has 2 aliphatic rings. The largest absolute Gasteiger partial charge is 0.738 e. The van der Waals surface area contributed by atoms with E-state index in [-0.39, 0.29) is 9.22 Å². The first-order valence-corrected chi connectivity index (χ1v) is 11.5. The molecule has 3 heterocycles. The van der Waals surface area contributed by atoms with Crippen LogP contribution in [0.25, 0.3) is 5.57 Å². The van der Waals surface area contributed by atoms with E-state index >= 15 is 8.63 Å². The van der Waals surface area contributed by atoms with E-state index in [9.17, 15) is 0 Å². The molecular weight excluding hydrogens is 685 g/mol. The number of aromatic nitrogens is 1. The van der Waals surface area contributed by atoms with E-state index in [1.165, 1.54) is 0 Å². The molecule has 140 valence electrons. The minimum absolute atomic E-state index is 0.266. The van der Waals surface area contributed by atoms with Crippen molar-refractivity contribution in [2.24, 2.45) is 0 Å². The van der Waals surface area contributed by atoms with Gasteiger partial charge in [0.15, 0.2) is 5.70 Å². The molecule has 2 aromatic rings. The van der Waals surface area contributed by atoms with Crippen molar-refractivity contribution in [1.82, 2.24) is 4.48 Å². The van der Waals surface area contributed by atoms with Crippen molar-refractivity contribution in [2.75, 3.05) is 7.11 Å². The highest BCUT2D eigenvalue weighted by Crippen LogP contribution is 2.49. The van der Waals surface area contributed by atoms with Crippen LogP contribution >= 0.6 is 79.6 Å². The van der Waals surface area contributed by atoms with Gasteiger partial charge in [-0.15, -0.1) is 0 Å². The SMILES string of the molecule is COc1ccc(C2=C3C(Br)=C(Br)C(Br)=[N+]3[B-](F)(F)n3c2cc(Br)c3Br)cc1. The van der Waals surface area contributed by atoms with E-state index in [1.54, 1.807) is 13.2 Å². The van der Waals surface area contributed by atoms with E-state index in [4.69, 9.17) is 4.74 Å². The van der Waals surface area contributed by atoms with Gasteiger partial charge in [-0.25, -0.2) is 0 Å². The Morgan fingerprint density at radius 1 is 1.00 bits per heavy atom. The first kappa shape index (κ1) is 20.1. The van der Waals surface area contributed by atoms with E-state index in [2.05, 4.69) is 79.6 Å². The quantitative estimate of drug-likeness (QED) is 0.316. The molecule has 0 bridgehead atoms. The van der Waals surface area contributed by atoms with Gasteiger partial charge in [-0.3, -0.25) is 0 Å². The summed E-state index contributed by atoms with van der Waals surface area (Å²) in [5.41, 5.74) is 2.28. The van der Waals surface area contributed by atoms with Crippen LogP contribution in [0.3, 0.4) is 0 Å². The number of ether oxygens (including phenoxy) is 1. The van der Waals surface area contributed by atoms with Gasteiger partial charge in [0.2, 0.25) is 4.62 Å². The van der Waals surface area contributed by atoms with Gasteiger partial charge in [0.05, 0.1) is 17.3 Å². The molecule has 3 nitrogen and oxygen atoms in total. The Labute approximate surface area is 195 Å². The summed E-state index contributed by atoms with van der Waals surface area (Å²) in [6.45, 7) is -4.13. The number of rotatable bonds is 2. The third kappa shape index (κ3) is 2.83. The van der Waals surface area contributed by atoms with Gasteiger partial charge in [0, 0.05) is 26.1 Å². The zero-order valence-electron chi connectivity index (χ0n) is 13.4. The molecule has 4 rings (SSSR count). The second-order valence-corrected chi connectivity index (χ2v) is 9.81. The lowest BCUT2D eigenvalue weighted by Gasteiger charge is -2.32. The highest BCUT2D eigenvalue weighted by atomic mass is 79.9. The normalized spacial score (nSPS) is 18.2. The number of methoxy groups -OCH3 is 1. The lowest BCUT2D eigenvalue weighted by atomic mass is 9.86. The van der Waals surface area contributed by atoms with Crippen molar-refractivity contribution in [1.29, 1.82) is 0 Å². The summed E-state index contributed by atoms with van der Waals surface area (Å²) in [5.74, 6) is 0.694. The van der Waals surface area contributed by atoms with Gasteiger partial charge in [-0.2, -0.15) is 0 Å². The Morgan fingerprint density at radius 3 is 2.22 bits per heavy atom. The molecule has 11 heteroatoms. The fourth-order valence-corrected chi connectivity index (χ4v) is 6.07. The van der Waals surface area contributed by atoms with Gasteiger partial charge < -0.3 is 22.3 Å². The molecule has 0 fully saturated rings. The Hall–Kier alpha value is -0.225. The van der Waals surface area contributed by atoms with Crippen LogP contribution in [0.1, 0.15) is 11.3 Å². The summed E-state index contributed by atoms with van der Waals surface area (Å²) in [4.78, 5) is 0. The van der Waals surface area contributed by atoms with Crippen LogP contribution in [0.2, 0.25) is 0 Å². The van der Waals surface area contributed by atoms with Crippen molar-refractivity contribution >= 4 is 96.8 Å². The van der Waals surface area contributed by atoms with Crippen molar-refractivity contribution in [2.45, 2.75) is 0 Å². The van der Waals surface area contributed by atoms with Crippen LogP contribution in [0.4, 0.5) is 8.63 Å². The highest BCUT2D eigenvalue weighted by Gasteiger charge is 2.57. The zero-order chi connectivity index (χ0) is 19.7. The minimum Gasteiger partial charge on any atom is -0.497 e. The monoisotopic (exact) mass is 688 g/mol. The fourth-order valence-electron chi connectivity index (χ4n) is 3.27. The van der Waals surface area contributed by atoms with Crippen LogP contribution in [-0.4, -0.2) is 27.7 Å². The highest BCUT2D eigenvalue weighted by molar-refractivity contribution is 9.21. The van der Waals surface area contributed by atoms with Gasteiger partial charge >= 0.3 is 6.97 Å². The summed E-state index contributed by atoms with van der Waals surface area (Å²) in [6.07, 6.45) is 0. The summed E-state index contributed by atoms with van der Waals surface area (Å²) in [6, 6.07) is 9.03. The standard InChI is InChI=1S/C16H8BBr5F2N2O/c1-27-8-4-2-7(3-5-8)11-10-6-9(18)15(21)25(10)17(23,24)26-14(11)12(19)13(20)16(26)22/h2-6H,1H3. The maximum Gasteiger partial charge on any atom is 0.738 e. The maximum absolute atomic E-state index is 15.6. The predicted octanol–water partition coefficient (Wildman–Crippen LogP) is 6.84. The molecule has 0 atom stereocenters. The third-order valence-corrected chi connectivity index (χ3v) is 9.79. The second kappa shape index (κ2) is 6.93. The Balaban J connectivity index is 2.13. The molecule has 2 aliphatic heterocycles. The molecule has 0 N–H and O–H groups in total. The first-order chi connectivity index (χ1) is 12.7. The van der Waals surface area contributed by atoms with E-state index < -0.39 is 6.97 Å². The smallest absolute Gasteiger partial charge is 0.497 e. The molecule has 27 heavy (non-hydrogen) atoms. The molecule has 0 radical (unpaired) electrons. The van der Waals surface area contributed by atoms with Crippen molar-refractivity contribution < 1.29 is 17.9 Å². The molecule has 1 aromatic heterocycles. The Bertz CT molecular complexity index is 1090. The predicted molar refractivity (Wildman–Crippen MR) is 121 cm³/mol. The number of hydrogen-bond acceptors (Lipinski definition) is 1. The van der Waals surface area contributed by atoms with Crippen molar-refractivity contribution in [3.8, 4) is 5.75 Å². The zero-order valence-corrected chi connectivity index (χ0v) is 21.3. The molecule has 0 unspecified atom stereocenters. The number of benzene rings is 1. The van der Waals surface area contributed by atoms with Crippen LogP contribution in [0.15, 0.2) is 54.1 Å². The van der Waals surface area contributed by atoms with E-state index in [0.717, 1.165) is 14.5 Å². The topological polar surface area (TPSA) is 17.2 Å². The summed E-state index contributed by atoms with van der Waals surface area (Å²) < 4.78 is 40.6. The van der Waals surface area contributed by atoms with Crippen LogP contribution in [0.5, 0.6) is 5.75 Å². The summed E-state index contributed by atoms with van der Waals surface area (Å²) >= 11 is 16.9. The molecule has 0 aliphatic carbocycles. The number of nitrogens with zero attached hydrogens (tertiary/aromatic N) is 2. The molecule has 0 saturated heterocycles. The Kier molecular flexibility index (Phi) is 5.15. The van der Waals surface area contributed by atoms with Gasteiger partial charge in [-0.05, 0) is 87.5 Å². The van der Waals surface area contributed by atoms with Crippen LogP contribution in [0, 0.1) is 0 Å². The van der Waals surface area contributed by atoms with Crippen LogP contribution < -0.4 is 4.74 Å². The number of allylic oxidation sites excluding steroid dienone is 2. The molecule has 0 amide bonds. The third-order valence-electron chi connectivity index (χ3n) is 4.46. The minimum atomic E-state index is -4.13. The Morgan fingerprint density at radius 2 is 1.63 bits per heavy atom. The first-order valence-electron chi connectivity index (χ1n) is 7.55. The fraction of sp³-hybridized carbons (Fsp3) is 0.0625. The molecule has 0 spiro atoms. The summed E-state index contributed by atoms with van der Waals surface area (Å²) in [5, 5.41) is 0. The van der Waals surface area contributed by atoms with Gasteiger partial charge in [-0.1, -0.05) is 12.1 Å². The lowest BCUT2D eigenvalue weighted by molar-refractivity contribution is -0.358. The lowest BCUT2D eigenvalue weighted by Crippen LogP contribution is -2.50. The second-order valence-electron chi connectivity index (χ2n) is 5.87. The van der Waals surface area contributed by atoms with Crippen molar-refractivity contribution in [3.05, 3.63) is 65.3 Å². The number of fused-ring (bicyclic) bond motifs is 2. The van der Waals surface area contributed by atoms with Gasteiger partial charge in [0.25, 0.3) is 0 Å². The number of hydrogen-bond donors (Lipinski definition) is 0. The van der Waals surface area contributed by atoms with E-state index in [0.29, 0.717) is 36.2 Å². The van der Waals surface area contributed by atoms with Crippen molar-refractivity contribution in [3.63, 3.8) is 0 Å². The maximum atomic E-state index is 15.6. The number of halogens is 7. The summed E-state index contributed by atoms with van der Waals surface area (Å²) in [7, 11) is 1.58. The average molecular weight is 693 g/mol. The van der Waals surface area contributed by atoms with Gasteiger partial charge in [0.1, 0.15) is 14.7 Å². The van der Waals surface area contributed by atoms with E-state index in [1.807, 2.05) is 24.3 Å². The molecule has 1 aromatic carbocycles.